The molecular formula is C20H18FN5. The first kappa shape index (κ1) is 16.2. The molecule has 0 aliphatic heterocycles. The summed E-state index contributed by atoms with van der Waals surface area (Å²) in [4.78, 5) is 13.2. The lowest BCUT2D eigenvalue weighted by Crippen LogP contribution is -1.98. The summed E-state index contributed by atoms with van der Waals surface area (Å²) in [6, 6.07) is 10.3. The van der Waals surface area contributed by atoms with Crippen LogP contribution in [0.4, 0.5) is 16.0 Å². The molecule has 1 aromatic carbocycles. The van der Waals surface area contributed by atoms with Crippen LogP contribution < -0.4 is 5.32 Å². The molecule has 0 saturated heterocycles. The molecule has 0 radical (unpaired) electrons. The van der Waals surface area contributed by atoms with Gasteiger partial charge >= 0.3 is 0 Å². The maximum absolute atomic E-state index is 13.1. The van der Waals surface area contributed by atoms with E-state index in [4.69, 9.17) is 0 Å². The van der Waals surface area contributed by atoms with E-state index in [0.717, 1.165) is 27.8 Å². The van der Waals surface area contributed by atoms with Crippen molar-refractivity contribution >= 4 is 22.5 Å². The zero-order chi connectivity index (χ0) is 18.1. The van der Waals surface area contributed by atoms with Gasteiger partial charge in [-0.05, 0) is 50.2 Å². The van der Waals surface area contributed by atoms with Gasteiger partial charge in [0.15, 0.2) is 0 Å². The third-order valence-corrected chi connectivity index (χ3v) is 4.22. The van der Waals surface area contributed by atoms with Crippen molar-refractivity contribution < 1.29 is 4.39 Å². The van der Waals surface area contributed by atoms with Gasteiger partial charge in [0.1, 0.15) is 5.82 Å². The van der Waals surface area contributed by atoms with Crippen molar-refractivity contribution in [1.29, 1.82) is 0 Å². The van der Waals surface area contributed by atoms with Crippen LogP contribution in [0, 0.1) is 5.82 Å². The molecule has 0 aliphatic rings. The maximum atomic E-state index is 13.1. The number of hydrogen-bond acceptors (Lipinski definition) is 4. The van der Waals surface area contributed by atoms with Gasteiger partial charge in [0.05, 0.1) is 17.4 Å². The van der Waals surface area contributed by atoms with Crippen molar-refractivity contribution in [3.63, 3.8) is 0 Å². The van der Waals surface area contributed by atoms with E-state index < -0.39 is 0 Å². The third kappa shape index (κ3) is 3.01. The van der Waals surface area contributed by atoms with Crippen LogP contribution in [0.25, 0.3) is 22.2 Å². The summed E-state index contributed by atoms with van der Waals surface area (Å²) in [5.41, 5.74) is 3.65. The summed E-state index contributed by atoms with van der Waals surface area (Å²) in [6.07, 6.45) is 7.47. The van der Waals surface area contributed by atoms with Crippen LogP contribution in [0.5, 0.6) is 0 Å². The van der Waals surface area contributed by atoms with E-state index in [1.54, 1.807) is 24.5 Å². The van der Waals surface area contributed by atoms with Crippen molar-refractivity contribution in [2.45, 2.75) is 19.9 Å². The predicted molar refractivity (Wildman–Crippen MR) is 101 cm³/mol. The molecule has 1 N–H and O–H groups in total. The second kappa shape index (κ2) is 6.55. The first-order valence-corrected chi connectivity index (χ1v) is 8.42. The fourth-order valence-corrected chi connectivity index (χ4v) is 2.96. The van der Waals surface area contributed by atoms with Crippen molar-refractivity contribution in [2.75, 3.05) is 5.32 Å². The number of nitrogens with zero attached hydrogens (tertiary/aromatic N) is 4. The van der Waals surface area contributed by atoms with Gasteiger partial charge in [0, 0.05) is 41.3 Å². The zero-order valence-electron chi connectivity index (χ0n) is 14.5. The summed E-state index contributed by atoms with van der Waals surface area (Å²) >= 11 is 0. The normalized spacial score (nSPS) is 11.2. The summed E-state index contributed by atoms with van der Waals surface area (Å²) in [6.45, 7) is 4.27. The molecule has 0 saturated carbocycles. The standard InChI is InChI=1S/C20H18FN5/c1-13(2)26-12-17(16-7-9-22-11-19(16)26)18-8-10-23-20(25-18)24-15-5-3-14(21)4-6-15/h3-13H,1-2H3,(H,23,24,25). The number of anilines is 2. The average Bonchev–Trinajstić information content (AvgIpc) is 3.04. The average molecular weight is 347 g/mol. The van der Waals surface area contributed by atoms with Crippen LogP contribution in [-0.2, 0) is 0 Å². The minimum Gasteiger partial charge on any atom is -0.343 e. The quantitative estimate of drug-likeness (QED) is 0.567. The smallest absolute Gasteiger partial charge is 0.227 e. The minimum atomic E-state index is -0.277. The monoisotopic (exact) mass is 347 g/mol. The largest absolute Gasteiger partial charge is 0.343 e. The van der Waals surface area contributed by atoms with Crippen molar-refractivity contribution in [3.05, 3.63) is 67.0 Å². The first-order chi connectivity index (χ1) is 12.6. The number of nitrogens with one attached hydrogen (secondary N) is 1. The van der Waals surface area contributed by atoms with Gasteiger partial charge < -0.3 is 9.88 Å². The number of benzene rings is 1. The molecule has 26 heavy (non-hydrogen) atoms. The molecule has 130 valence electrons. The van der Waals surface area contributed by atoms with Gasteiger partial charge in [0.25, 0.3) is 0 Å². The number of hydrogen-bond donors (Lipinski definition) is 1. The Labute approximate surface area is 150 Å². The molecule has 3 aromatic heterocycles. The fourth-order valence-electron chi connectivity index (χ4n) is 2.96. The summed E-state index contributed by atoms with van der Waals surface area (Å²) in [5.74, 6) is 0.189. The Morgan fingerprint density at radius 2 is 1.85 bits per heavy atom. The molecule has 3 heterocycles. The maximum Gasteiger partial charge on any atom is 0.227 e. The van der Waals surface area contributed by atoms with Crippen molar-refractivity contribution in [3.8, 4) is 11.3 Å². The molecule has 4 aromatic rings. The van der Waals surface area contributed by atoms with E-state index >= 15 is 0 Å². The highest BCUT2D eigenvalue weighted by Gasteiger charge is 2.13. The highest BCUT2D eigenvalue weighted by Crippen LogP contribution is 2.31. The SMILES string of the molecule is CC(C)n1cc(-c2ccnc(Nc3ccc(F)cc3)n2)c2ccncc21. The lowest BCUT2D eigenvalue weighted by Gasteiger charge is -2.08. The predicted octanol–water partition coefficient (Wildman–Crippen LogP) is 4.96. The molecule has 0 spiro atoms. The van der Waals surface area contributed by atoms with Gasteiger partial charge in [-0.25, -0.2) is 14.4 Å². The minimum absolute atomic E-state index is 0.277. The molecule has 0 aliphatic carbocycles. The molecule has 0 unspecified atom stereocenters. The number of halogens is 1. The lowest BCUT2D eigenvalue weighted by molar-refractivity contribution is 0.622. The van der Waals surface area contributed by atoms with Gasteiger partial charge in [-0.15, -0.1) is 0 Å². The highest BCUT2D eigenvalue weighted by atomic mass is 19.1. The van der Waals surface area contributed by atoms with Crippen LogP contribution in [0.1, 0.15) is 19.9 Å². The zero-order valence-corrected chi connectivity index (χ0v) is 14.5. The number of fused-ring (bicyclic) bond motifs is 1. The van der Waals surface area contributed by atoms with Crippen LogP contribution in [0.2, 0.25) is 0 Å². The van der Waals surface area contributed by atoms with Crippen LogP contribution in [0.3, 0.4) is 0 Å². The Morgan fingerprint density at radius 1 is 1.04 bits per heavy atom. The first-order valence-electron chi connectivity index (χ1n) is 8.42. The Bertz CT molecular complexity index is 1050. The number of pyridine rings is 1. The van der Waals surface area contributed by atoms with Gasteiger partial charge in [0.2, 0.25) is 5.95 Å². The third-order valence-electron chi connectivity index (χ3n) is 4.22. The fraction of sp³-hybridized carbons (Fsp3) is 0.150. The molecule has 4 rings (SSSR count). The second-order valence-corrected chi connectivity index (χ2v) is 6.33. The van der Waals surface area contributed by atoms with Gasteiger partial charge in [-0.3, -0.25) is 4.98 Å². The van der Waals surface area contributed by atoms with Crippen LogP contribution in [-0.4, -0.2) is 19.5 Å². The molecule has 0 bridgehead atoms. The summed E-state index contributed by atoms with van der Waals surface area (Å²) in [5, 5.41) is 4.21. The summed E-state index contributed by atoms with van der Waals surface area (Å²) in [7, 11) is 0. The van der Waals surface area contributed by atoms with E-state index in [0.29, 0.717) is 12.0 Å². The molecule has 0 amide bonds. The molecule has 0 atom stereocenters. The van der Waals surface area contributed by atoms with Gasteiger partial charge in [-0.1, -0.05) is 0 Å². The van der Waals surface area contributed by atoms with E-state index in [1.165, 1.54) is 12.1 Å². The highest BCUT2D eigenvalue weighted by molar-refractivity contribution is 5.94. The van der Waals surface area contributed by atoms with Crippen molar-refractivity contribution in [1.82, 2.24) is 19.5 Å². The summed E-state index contributed by atoms with van der Waals surface area (Å²) < 4.78 is 15.2. The Balaban J connectivity index is 1.75. The Morgan fingerprint density at radius 3 is 2.62 bits per heavy atom. The van der Waals surface area contributed by atoms with E-state index in [-0.39, 0.29) is 5.82 Å². The topological polar surface area (TPSA) is 55.6 Å². The van der Waals surface area contributed by atoms with Crippen LogP contribution >= 0.6 is 0 Å². The van der Waals surface area contributed by atoms with Crippen LogP contribution in [0.15, 0.2) is 61.2 Å². The van der Waals surface area contributed by atoms with E-state index in [2.05, 4.69) is 44.9 Å². The lowest BCUT2D eigenvalue weighted by atomic mass is 10.1. The molecule has 6 heteroatoms. The Kier molecular flexibility index (Phi) is 4.08. The molecular weight excluding hydrogens is 329 g/mol. The number of rotatable bonds is 4. The molecule has 5 nitrogen and oxygen atoms in total. The van der Waals surface area contributed by atoms with Crippen molar-refractivity contribution in [2.24, 2.45) is 0 Å². The number of aromatic nitrogens is 4. The van der Waals surface area contributed by atoms with Gasteiger partial charge in [-0.2, -0.15) is 0 Å². The Hall–Kier alpha value is -3.28. The second-order valence-electron chi connectivity index (χ2n) is 6.33. The molecule has 0 fully saturated rings. The van der Waals surface area contributed by atoms with E-state index in [9.17, 15) is 4.39 Å². The van der Waals surface area contributed by atoms with E-state index in [1.807, 2.05) is 18.3 Å².